The third-order valence-corrected chi connectivity index (χ3v) is 2.78. The Bertz CT molecular complexity index is 204. The van der Waals surface area contributed by atoms with Crippen molar-refractivity contribution in [3.63, 3.8) is 0 Å². The number of carbonyl (C=O) groups is 2. The maximum Gasteiger partial charge on any atom is 0.303 e. The molecule has 0 aromatic rings. The second kappa shape index (κ2) is 16.7. The van der Waals surface area contributed by atoms with Crippen molar-refractivity contribution < 1.29 is 19.8 Å². The molecule has 0 unspecified atom stereocenters. The van der Waals surface area contributed by atoms with Crippen molar-refractivity contribution in [2.24, 2.45) is 0 Å². The number of aliphatic carboxylic acids is 2. The van der Waals surface area contributed by atoms with Crippen molar-refractivity contribution >= 4 is 11.9 Å². The molecule has 2 N–H and O–H groups in total. The molecule has 4 heteroatoms. The molecule has 0 bridgehead atoms. The van der Waals surface area contributed by atoms with E-state index in [9.17, 15) is 9.59 Å². The standard InChI is InChI=1S/C13H24O4.C2H4/c14-12(15)10-8-6-4-2-1-3-5-7-9-11-13(16)17;1-2/h1-11H2,(H,14,15)(H,16,17);1-2H2. The molecule has 0 aliphatic heterocycles. The Labute approximate surface area is 116 Å². The predicted octanol–water partition coefficient (Wildman–Crippen LogP) is 4.25. The first-order valence-electron chi connectivity index (χ1n) is 7.06. The Morgan fingerprint density at radius 3 is 1.00 bits per heavy atom. The van der Waals surface area contributed by atoms with Gasteiger partial charge in [-0.15, -0.1) is 13.2 Å². The Kier molecular flexibility index (Phi) is 17.6. The van der Waals surface area contributed by atoms with Gasteiger partial charge in [-0.1, -0.05) is 44.9 Å². The molecule has 0 fully saturated rings. The summed E-state index contributed by atoms with van der Waals surface area (Å²) < 4.78 is 0. The van der Waals surface area contributed by atoms with Crippen molar-refractivity contribution in [3.05, 3.63) is 13.2 Å². The fraction of sp³-hybridized carbons (Fsp3) is 0.733. The number of unbranched alkanes of at least 4 members (excludes halogenated alkanes) is 8. The van der Waals surface area contributed by atoms with Gasteiger partial charge >= 0.3 is 11.9 Å². The maximum absolute atomic E-state index is 10.2. The van der Waals surface area contributed by atoms with Crippen LogP contribution in [0.25, 0.3) is 0 Å². The molecule has 0 aliphatic carbocycles. The Hall–Kier alpha value is -1.32. The number of carboxylic acid groups (broad SMARTS) is 2. The first-order valence-corrected chi connectivity index (χ1v) is 7.06. The van der Waals surface area contributed by atoms with Gasteiger partial charge in [-0.25, -0.2) is 0 Å². The Morgan fingerprint density at radius 1 is 0.579 bits per heavy atom. The molecule has 19 heavy (non-hydrogen) atoms. The molecule has 0 aromatic carbocycles. The van der Waals surface area contributed by atoms with Crippen LogP contribution >= 0.6 is 0 Å². The van der Waals surface area contributed by atoms with Crippen LogP contribution in [0.15, 0.2) is 13.2 Å². The van der Waals surface area contributed by atoms with Gasteiger partial charge < -0.3 is 10.2 Å². The number of hydrogen-bond donors (Lipinski definition) is 2. The van der Waals surface area contributed by atoms with E-state index in [1.165, 1.54) is 19.3 Å². The number of carboxylic acids is 2. The second-order valence-electron chi connectivity index (χ2n) is 4.47. The van der Waals surface area contributed by atoms with Crippen molar-refractivity contribution in [1.82, 2.24) is 0 Å². The summed E-state index contributed by atoms with van der Waals surface area (Å²) in [7, 11) is 0. The van der Waals surface area contributed by atoms with Crippen molar-refractivity contribution in [1.29, 1.82) is 0 Å². The highest BCUT2D eigenvalue weighted by atomic mass is 16.4. The summed E-state index contributed by atoms with van der Waals surface area (Å²) in [5.74, 6) is -1.41. The molecule has 0 rings (SSSR count). The lowest BCUT2D eigenvalue weighted by atomic mass is 10.1. The molecule has 0 atom stereocenters. The van der Waals surface area contributed by atoms with E-state index >= 15 is 0 Å². The van der Waals surface area contributed by atoms with E-state index in [1.54, 1.807) is 0 Å². The lowest BCUT2D eigenvalue weighted by Crippen LogP contribution is -1.94. The third kappa shape index (κ3) is 22.4. The fourth-order valence-corrected chi connectivity index (χ4v) is 1.79. The minimum atomic E-state index is -0.705. The molecule has 0 heterocycles. The summed E-state index contributed by atoms with van der Waals surface area (Å²) in [6.07, 6.45) is 9.89. The van der Waals surface area contributed by atoms with Crippen LogP contribution in [0, 0.1) is 0 Å². The van der Waals surface area contributed by atoms with Crippen molar-refractivity contribution in [2.45, 2.75) is 70.6 Å². The van der Waals surface area contributed by atoms with E-state index in [2.05, 4.69) is 13.2 Å². The summed E-state index contributed by atoms with van der Waals surface area (Å²) in [5.41, 5.74) is 0. The van der Waals surface area contributed by atoms with Crippen LogP contribution in [-0.2, 0) is 9.59 Å². The first-order chi connectivity index (χ1) is 9.13. The van der Waals surface area contributed by atoms with Gasteiger partial charge in [0.1, 0.15) is 0 Å². The Balaban J connectivity index is 0. The highest BCUT2D eigenvalue weighted by molar-refractivity contribution is 5.66. The van der Waals surface area contributed by atoms with Crippen LogP contribution in [0.5, 0.6) is 0 Å². The van der Waals surface area contributed by atoms with Crippen LogP contribution < -0.4 is 0 Å². The molecule has 0 saturated carbocycles. The highest BCUT2D eigenvalue weighted by Gasteiger charge is 1.98. The van der Waals surface area contributed by atoms with Crippen molar-refractivity contribution in [3.8, 4) is 0 Å². The maximum atomic E-state index is 10.2. The lowest BCUT2D eigenvalue weighted by molar-refractivity contribution is -0.138. The van der Waals surface area contributed by atoms with Crippen LogP contribution in [-0.4, -0.2) is 22.2 Å². The minimum Gasteiger partial charge on any atom is -0.481 e. The van der Waals surface area contributed by atoms with Gasteiger partial charge in [0.15, 0.2) is 0 Å². The van der Waals surface area contributed by atoms with Gasteiger partial charge in [0.05, 0.1) is 0 Å². The molecule has 0 aromatic heterocycles. The van der Waals surface area contributed by atoms with E-state index in [4.69, 9.17) is 10.2 Å². The fourth-order valence-electron chi connectivity index (χ4n) is 1.79. The summed E-state index contributed by atoms with van der Waals surface area (Å²) in [6.45, 7) is 6.00. The Morgan fingerprint density at radius 2 is 0.789 bits per heavy atom. The topological polar surface area (TPSA) is 74.6 Å². The van der Waals surface area contributed by atoms with Gasteiger partial charge in [0.25, 0.3) is 0 Å². The summed E-state index contributed by atoms with van der Waals surface area (Å²) >= 11 is 0. The van der Waals surface area contributed by atoms with Crippen molar-refractivity contribution in [2.75, 3.05) is 0 Å². The summed E-state index contributed by atoms with van der Waals surface area (Å²) in [5, 5.41) is 16.9. The zero-order valence-electron chi connectivity index (χ0n) is 11.9. The van der Waals surface area contributed by atoms with Gasteiger partial charge in [-0.3, -0.25) is 9.59 Å². The quantitative estimate of drug-likeness (QED) is 0.411. The van der Waals surface area contributed by atoms with E-state index in [0.29, 0.717) is 0 Å². The average Bonchev–Trinajstić information content (AvgIpc) is 2.37. The van der Waals surface area contributed by atoms with Crippen LogP contribution in [0.1, 0.15) is 70.6 Å². The minimum absolute atomic E-state index is 0.287. The molecule has 4 nitrogen and oxygen atoms in total. The normalized spacial score (nSPS) is 9.47. The molecule has 0 aliphatic rings. The van der Waals surface area contributed by atoms with E-state index in [-0.39, 0.29) is 12.8 Å². The smallest absolute Gasteiger partial charge is 0.303 e. The van der Waals surface area contributed by atoms with Gasteiger partial charge in [-0.05, 0) is 12.8 Å². The molecular weight excluding hydrogens is 244 g/mol. The zero-order valence-corrected chi connectivity index (χ0v) is 11.9. The summed E-state index contributed by atoms with van der Waals surface area (Å²) in [4.78, 5) is 20.5. The molecule has 0 saturated heterocycles. The molecule has 0 amide bonds. The lowest BCUT2D eigenvalue weighted by Gasteiger charge is -2.01. The van der Waals surface area contributed by atoms with Crippen LogP contribution in [0.4, 0.5) is 0 Å². The van der Waals surface area contributed by atoms with E-state index in [0.717, 1.165) is 38.5 Å². The molecule has 0 spiro atoms. The van der Waals surface area contributed by atoms with Gasteiger partial charge in [-0.2, -0.15) is 0 Å². The van der Waals surface area contributed by atoms with Gasteiger partial charge in [0, 0.05) is 12.8 Å². The summed E-state index contributed by atoms with van der Waals surface area (Å²) in [6, 6.07) is 0. The molecule has 112 valence electrons. The van der Waals surface area contributed by atoms with E-state index in [1.807, 2.05) is 0 Å². The largest absolute Gasteiger partial charge is 0.481 e. The van der Waals surface area contributed by atoms with Crippen LogP contribution in [0.2, 0.25) is 0 Å². The molecular formula is C15H28O4. The van der Waals surface area contributed by atoms with Gasteiger partial charge in [0.2, 0.25) is 0 Å². The second-order valence-corrected chi connectivity index (χ2v) is 4.47. The zero-order chi connectivity index (χ0) is 14.9. The molecule has 0 radical (unpaired) electrons. The average molecular weight is 272 g/mol. The number of hydrogen-bond acceptors (Lipinski definition) is 2. The third-order valence-electron chi connectivity index (χ3n) is 2.78. The predicted molar refractivity (Wildman–Crippen MR) is 77.3 cm³/mol. The SMILES string of the molecule is C=C.O=C(O)CCCCCCCCCCCC(=O)O. The number of rotatable bonds is 12. The van der Waals surface area contributed by atoms with E-state index < -0.39 is 11.9 Å². The monoisotopic (exact) mass is 272 g/mol. The van der Waals surface area contributed by atoms with Crippen LogP contribution in [0.3, 0.4) is 0 Å². The first kappa shape index (κ1) is 20.0. The highest BCUT2D eigenvalue weighted by Crippen LogP contribution is 2.11.